The molecular formula is C20H19NO5S3. The van der Waals surface area contributed by atoms with E-state index < -0.39 is 17.9 Å². The number of carboxylic acids is 1. The lowest BCUT2D eigenvalue weighted by Gasteiger charge is -2.22. The minimum atomic E-state index is -1.06. The second-order valence-electron chi connectivity index (χ2n) is 6.12. The standard InChI is InChI=1S/C20H19NO5S3/c1-25-13-5-3-12(4-6-13)16-8-7-14(26-16)11-17-18(22)21(20(27)29-17)15(19(23)24)9-10-28-2/h3-8,11,15H,9-10H2,1-2H3,(H,23,24)/b17-11-/t15-/m0/s1. The molecule has 152 valence electrons. The molecule has 1 fully saturated rings. The minimum Gasteiger partial charge on any atom is -0.497 e. The van der Waals surface area contributed by atoms with Gasteiger partial charge in [0.15, 0.2) is 0 Å². The van der Waals surface area contributed by atoms with Gasteiger partial charge in [0.25, 0.3) is 5.91 Å². The number of thioether (sulfide) groups is 2. The van der Waals surface area contributed by atoms with Crippen LogP contribution in [0.5, 0.6) is 5.75 Å². The lowest BCUT2D eigenvalue weighted by molar-refractivity contribution is -0.145. The Labute approximate surface area is 182 Å². The van der Waals surface area contributed by atoms with Gasteiger partial charge in [-0.3, -0.25) is 9.69 Å². The molecule has 1 aromatic carbocycles. The van der Waals surface area contributed by atoms with E-state index in [-0.39, 0.29) is 4.32 Å². The van der Waals surface area contributed by atoms with E-state index in [1.807, 2.05) is 36.6 Å². The Morgan fingerprint density at radius 2 is 2.07 bits per heavy atom. The molecule has 0 aliphatic carbocycles. The third kappa shape index (κ3) is 4.85. The van der Waals surface area contributed by atoms with Crippen LogP contribution in [0.2, 0.25) is 0 Å². The van der Waals surface area contributed by atoms with Gasteiger partial charge in [0.1, 0.15) is 27.6 Å². The number of rotatable bonds is 8. The van der Waals surface area contributed by atoms with Gasteiger partial charge >= 0.3 is 5.97 Å². The van der Waals surface area contributed by atoms with Crippen LogP contribution in [0.4, 0.5) is 0 Å². The zero-order valence-corrected chi connectivity index (χ0v) is 18.2. The average Bonchev–Trinajstić information content (AvgIpc) is 3.28. The lowest BCUT2D eigenvalue weighted by atomic mass is 10.2. The Kier molecular flexibility index (Phi) is 7.05. The fourth-order valence-electron chi connectivity index (χ4n) is 2.81. The number of nitrogens with zero attached hydrogens (tertiary/aromatic N) is 1. The summed E-state index contributed by atoms with van der Waals surface area (Å²) in [6, 6.07) is 10.0. The van der Waals surface area contributed by atoms with E-state index in [2.05, 4.69) is 0 Å². The smallest absolute Gasteiger partial charge is 0.326 e. The summed E-state index contributed by atoms with van der Waals surface area (Å²) in [5, 5.41) is 9.52. The van der Waals surface area contributed by atoms with Gasteiger partial charge in [0.05, 0.1) is 12.0 Å². The highest BCUT2D eigenvalue weighted by molar-refractivity contribution is 8.26. The number of hydrogen-bond acceptors (Lipinski definition) is 7. The summed E-state index contributed by atoms with van der Waals surface area (Å²) in [5.41, 5.74) is 0.876. The fourth-order valence-corrected chi connectivity index (χ4v) is 4.61. The van der Waals surface area contributed by atoms with E-state index in [1.54, 1.807) is 19.3 Å². The van der Waals surface area contributed by atoms with Gasteiger partial charge in [0, 0.05) is 11.6 Å². The van der Waals surface area contributed by atoms with E-state index >= 15 is 0 Å². The normalized spacial score (nSPS) is 16.5. The molecule has 1 aromatic heterocycles. The number of thiocarbonyl (C=S) groups is 1. The van der Waals surface area contributed by atoms with Gasteiger partial charge < -0.3 is 14.3 Å². The van der Waals surface area contributed by atoms with Crippen LogP contribution in [0.3, 0.4) is 0 Å². The molecule has 3 rings (SSSR count). The Morgan fingerprint density at radius 1 is 1.34 bits per heavy atom. The second kappa shape index (κ2) is 9.51. The van der Waals surface area contributed by atoms with Crippen molar-refractivity contribution >= 4 is 58.0 Å². The first-order valence-electron chi connectivity index (χ1n) is 8.67. The van der Waals surface area contributed by atoms with Gasteiger partial charge in [-0.15, -0.1) is 0 Å². The summed E-state index contributed by atoms with van der Waals surface area (Å²) in [5.74, 6) is 1.05. The number of carbonyl (C=O) groups excluding carboxylic acids is 1. The molecule has 0 radical (unpaired) electrons. The molecule has 1 N–H and O–H groups in total. The SMILES string of the molecule is COc1ccc(-c2ccc(/C=C3\SC(=S)N([C@@H](CCSC)C(=O)O)C3=O)o2)cc1. The van der Waals surface area contributed by atoms with Crippen molar-refractivity contribution in [2.45, 2.75) is 12.5 Å². The number of ether oxygens (including phenoxy) is 1. The Hall–Kier alpha value is -2.23. The summed E-state index contributed by atoms with van der Waals surface area (Å²) in [6.07, 6.45) is 3.82. The predicted molar refractivity (Wildman–Crippen MR) is 120 cm³/mol. The molecule has 29 heavy (non-hydrogen) atoms. The van der Waals surface area contributed by atoms with Crippen molar-refractivity contribution in [2.24, 2.45) is 0 Å². The Balaban J connectivity index is 1.80. The van der Waals surface area contributed by atoms with Crippen molar-refractivity contribution in [3.05, 3.63) is 47.1 Å². The monoisotopic (exact) mass is 449 g/mol. The highest BCUT2D eigenvalue weighted by Crippen LogP contribution is 2.35. The number of carboxylic acid groups (broad SMARTS) is 1. The van der Waals surface area contributed by atoms with Crippen LogP contribution in [0.15, 0.2) is 45.7 Å². The maximum Gasteiger partial charge on any atom is 0.326 e. The maximum absolute atomic E-state index is 12.8. The first-order chi connectivity index (χ1) is 13.9. The van der Waals surface area contributed by atoms with Gasteiger partial charge in [-0.2, -0.15) is 11.8 Å². The van der Waals surface area contributed by atoms with Gasteiger partial charge in [-0.05, 0) is 54.8 Å². The van der Waals surface area contributed by atoms with E-state index in [0.29, 0.717) is 28.6 Å². The number of methoxy groups -OCH3 is 1. The van der Waals surface area contributed by atoms with Crippen LogP contribution in [0.1, 0.15) is 12.2 Å². The Bertz CT molecular complexity index is 951. The highest BCUT2D eigenvalue weighted by Gasteiger charge is 2.40. The van der Waals surface area contributed by atoms with Crippen molar-refractivity contribution in [2.75, 3.05) is 19.1 Å². The number of amides is 1. The molecule has 0 bridgehead atoms. The summed E-state index contributed by atoms with van der Waals surface area (Å²) < 4.78 is 11.2. The van der Waals surface area contributed by atoms with Crippen molar-refractivity contribution in [3.63, 3.8) is 0 Å². The van der Waals surface area contributed by atoms with Crippen LogP contribution < -0.4 is 4.74 Å². The maximum atomic E-state index is 12.8. The second-order valence-corrected chi connectivity index (χ2v) is 8.78. The third-order valence-electron chi connectivity index (χ3n) is 4.29. The molecule has 0 saturated carbocycles. The quantitative estimate of drug-likeness (QED) is 0.470. The molecule has 1 aliphatic heterocycles. The van der Waals surface area contributed by atoms with Crippen molar-refractivity contribution in [1.82, 2.24) is 4.90 Å². The third-order valence-corrected chi connectivity index (χ3v) is 6.26. The first-order valence-corrected chi connectivity index (χ1v) is 11.3. The van der Waals surface area contributed by atoms with E-state index in [9.17, 15) is 14.7 Å². The molecule has 0 spiro atoms. The highest BCUT2D eigenvalue weighted by atomic mass is 32.2. The number of hydrogen-bond donors (Lipinski definition) is 1. The molecule has 2 aromatic rings. The lowest BCUT2D eigenvalue weighted by Crippen LogP contribution is -2.44. The molecule has 1 aliphatic rings. The largest absolute Gasteiger partial charge is 0.497 e. The first kappa shape index (κ1) is 21.5. The molecule has 0 unspecified atom stereocenters. The number of carbonyl (C=O) groups is 2. The summed E-state index contributed by atoms with van der Waals surface area (Å²) in [6.45, 7) is 0. The topological polar surface area (TPSA) is 80.0 Å². The number of furan rings is 1. The van der Waals surface area contributed by atoms with Crippen LogP contribution in [0.25, 0.3) is 17.4 Å². The molecule has 1 saturated heterocycles. The van der Waals surface area contributed by atoms with Gasteiger partial charge in [-0.1, -0.05) is 24.0 Å². The molecule has 9 heteroatoms. The summed E-state index contributed by atoms with van der Waals surface area (Å²) in [7, 11) is 1.60. The van der Waals surface area contributed by atoms with Crippen LogP contribution in [-0.2, 0) is 9.59 Å². The van der Waals surface area contributed by atoms with Gasteiger partial charge in [-0.25, -0.2) is 4.79 Å². The van der Waals surface area contributed by atoms with Crippen LogP contribution >= 0.6 is 35.7 Å². The van der Waals surface area contributed by atoms with Crippen molar-refractivity contribution in [3.8, 4) is 17.1 Å². The van der Waals surface area contributed by atoms with Crippen LogP contribution in [0, 0.1) is 0 Å². The van der Waals surface area contributed by atoms with Crippen molar-refractivity contribution < 1.29 is 23.8 Å². The van der Waals surface area contributed by atoms with Crippen LogP contribution in [-0.4, -0.2) is 51.4 Å². The zero-order valence-electron chi connectivity index (χ0n) is 15.8. The van der Waals surface area contributed by atoms with E-state index in [0.717, 1.165) is 23.1 Å². The van der Waals surface area contributed by atoms with E-state index in [4.69, 9.17) is 21.4 Å². The molecule has 6 nitrogen and oxygen atoms in total. The van der Waals surface area contributed by atoms with Gasteiger partial charge in [0.2, 0.25) is 0 Å². The van der Waals surface area contributed by atoms with E-state index in [1.165, 1.54) is 16.7 Å². The fraction of sp³-hybridized carbons (Fsp3) is 0.250. The molecule has 1 amide bonds. The number of benzene rings is 1. The molecule has 2 heterocycles. The average molecular weight is 450 g/mol. The molecular weight excluding hydrogens is 430 g/mol. The summed E-state index contributed by atoms with van der Waals surface area (Å²) >= 11 is 7.89. The molecule has 1 atom stereocenters. The zero-order chi connectivity index (χ0) is 21.0. The minimum absolute atomic E-state index is 0.247. The van der Waals surface area contributed by atoms with Crippen molar-refractivity contribution in [1.29, 1.82) is 0 Å². The predicted octanol–water partition coefficient (Wildman–Crippen LogP) is 4.36. The summed E-state index contributed by atoms with van der Waals surface area (Å²) in [4.78, 5) is 26.0. The Morgan fingerprint density at radius 3 is 2.69 bits per heavy atom. The number of aliphatic carboxylic acids is 1.